The fraction of sp³-hybridized carbons (Fsp3) is 0.455. The zero-order chi connectivity index (χ0) is 28.5. The predicted molar refractivity (Wildman–Crippen MR) is 115 cm³/mol. The van der Waals surface area contributed by atoms with E-state index in [1.54, 1.807) is 24.6 Å². The highest BCUT2D eigenvalue weighted by molar-refractivity contribution is 5.91. The molecule has 38 heavy (non-hydrogen) atoms. The van der Waals surface area contributed by atoms with Gasteiger partial charge in [-0.3, -0.25) is 14.7 Å². The van der Waals surface area contributed by atoms with Crippen LogP contribution >= 0.6 is 0 Å². The zero-order valence-corrected chi connectivity index (χ0v) is 19.5. The van der Waals surface area contributed by atoms with Crippen LogP contribution in [0.15, 0.2) is 47.3 Å². The molecule has 0 bridgehead atoms. The maximum atomic E-state index is 12.4. The third-order valence-electron chi connectivity index (χ3n) is 5.29. The van der Waals surface area contributed by atoms with Crippen molar-refractivity contribution in [2.75, 3.05) is 26.2 Å². The summed E-state index contributed by atoms with van der Waals surface area (Å²) in [7, 11) is 0. The summed E-state index contributed by atoms with van der Waals surface area (Å²) in [5.41, 5.74) is 1.09. The van der Waals surface area contributed by atoms with E-state index in [0.29, 0.717) is 18.4 Å². The molecule has 1 amide bonds. The van der Waals surface area contributed by atoms with Gasteiger partial charge in [-0.05, 0) is 30.2 Å². The lowest BCUT2D eigenvalue weighted by Gasteiger charge is -2.36. The number of fused-ring (bicyclic) bond motifs is 1. The topological polar surface area (TPSA) is 133 Å². The average Bonchev–Trinajstić information content (AvgIpc) is 3.52. The summed E-state index contributed by atoms with van der Waals surface area (Å²) in [5.74, 6) is -5.11. The Kier molecular flexibility index (Phi) is 10.6. The lowest BCUT2D eigenvalue weighted by molar-refractivity contribution is -0.193. The van der Waals surface area contributed by atoms with Gasteiger partial charge in [0.05, 0.1) is 19.0 Å². The minimum atomic E-state index is -5.08. The summed E-state index contributed by atoms with van der Waals surface area (Å²) in [4.78, 5) is 38.6. The Bertz CT molecular complexity index is 1020. The number of amides is 1. The van der Waals surface area contributed by atoms with Crippen molar-refractivity contribution < 1.29 is 60.1 Å². The van der Waals surface area contributed by atoms with Gasteiger partial charge in [0.2, 0.25) is 0 Å². The summed E-state index contributed by atoms with van der Waals surface area (Å²) in [5, 5.41) is 14.2. The lowest BCUT2D eigenvalue weighted by atomic mass is 10.1. The van der Waals surface area contributed by atoms with Crippen LogP contribution in [-0.2, 0) is 20.9 Å². The van der Waals surface area contributed by atoms with Crippen molar-refractivity contribution in [2.45, 2.75) is 37.5 Å². The molecule has 0 unspecified atom stereocenters. The SMILES string of the molecule is O=C(O)C(F)(F)F.O=C(O)C(F)(F)F.O=C(c1ccco1)N1CCN2C[C@H](OCc3cccnc3)C[C@H]2C1. The summed E-state index contributed by atoms with van der Waals surface area (Å²) in [6.45, 7) is 3.91. The van der Waals surface area contributed by atoms with E-state index in [4.69, 9.17) is 29.0 Å². The van der Waals surface area contributed by atoms with Crippen LogP contribution in [0.2, 0.25) is 0 Å². The maximum Gasteiger partial charge on any atom is 0.490 e. The average molecular weight is 555 g/mol. The monoisotopic (exact) mass is 555 g/mol. The Hall–Kier alpha value is -3.66. The molecule has 210 valence electrons. The van der Waals surface area contributed by atoms with Crippen molar-refractivity contribution in [2.24, 2.45) is 0 Å². The predicted octanol–water partition coefficient (Wildman–Crippen LogP) is 3.06. The molecule has 0 aromatic carbocycles. The third-order valence-corrected chi connectivity index (χ3v) is 5.29. The number of alkyl halides is 6. The molecule has 2 saturated heterocycles. The number of aliphatic carboxylic acids is 2. The number of hydrogen-bond acceptors (Lipinski definition) is 7. The molecule has 4 heterocycles. The van der Waals surface area contributed by atoms with Crippen LogP contribution in [0.3, 0.4) is 0 Å². The minimum Gasteiger partial charge on any atom is -0.475 e. The molecule has 0 saturated carbocycles. The van der Waals surface area contributed by atoms with Gasteiger partial charge in [-0.15, -0.1) is 0 Å². The number of hydrogen-bond donors (Lipinski definition) is 2. The van der Waals surface area contributed by atoms with E-state index in [1.807, 2.05) is 23.2 Å². The van der Waals surface area contributed by atoms with E-state index in [1.165, 1.54) is 0 Å². The Morgan fingerprint density at radius 2 is 1.63 bits per heavy atom. The van der Waals surface area contributed by atoms with Gasteiger partial charge < -0.3 is 24.3 Å². The first-order chi connectivity index (χ1) is 17.7. The molecule has 2 aliphatic heterocycles. The summed E-state index contributed by atoms with van der Waals surface area (Å²) < 4.78 is 74.8. The summed E-state index contributed by atoms with van der Waals surface area (Å²) in [6, 6.07) is 7.80. The van der Waals surface area contributed by atoms with Gasteiger partial charge in [-0.2, -0.15) is 26.3 Å². The quantitative estimate of drug-likeness (QED) is 0.546. The minimum absolute atomic E-state index is 0.0145. The Labute approximate surface area is 211 Å². The Morgan fingerprint density at radius 3 is 2.13 bits per heavy atom. The zero-order valence-electron chi connectivity index (χ0n) is 19.5. The van der Waals surface area contributed by atoms with Gasteiger partial charge >= 0.3 is 24.3 Å². The van der Waals surface area contributed by atoms with Gasteiger partial charge in [0.15, 0.2) is 5.76 Å². The number of carboxylic acid groups (broad SMARTS) is 2. The van der Waals surface area contributed by atoms with E-state index < -0.39 is 24.3 Å². The number of ether oxygens (including phenoxy) is 1. The van der Waals surface area contributed by atoms with Crippen molar-refractivity contribution in [3.05, 3.63) is 54.2 Å². The summed E-state index contributed by atoms with van der Waals surface area (Å²) >= 11 is 0. The lowest BCUT2D eigenvalue weighted by Crippen LogP contribution is -2.52. The van der Waals surface area contributed by atoms with Crippen LogP contribution in [0.5, 0.6) is 0 Å². The molecule has 2 aromatic heterocycles. The molecule has 2 aromatic rings. The van der Waals surface area contributed by atoms with Crippen molar-refractivity contribution in [1.82, 2.24) is 14.8 Å². The van der Waals surface area contributed by atoms with Crippen molar-refractivity contribution in [3.63, 3.8) is 0 Å². The van der Waals surface area contributed by atoms with Gasteiger partial charge in [0.1, 0.15) is 0 Å². The van der Waals surface area contributed by atoms with E-state index >= 15 is 0 Å². The van der Waals surface area contributed by atoms with Crippen molar-refractivity contribution in [3.8, 4) is 0 Å². The normalized spacial score (nSPS) is 19.4. The fourth-order valence-corrected chi connectivity index (χ4v) is 3.56. The van der Waals surface area contributed by atoms with E-state index in [0.717, 1.165) is 38.2 Å². The van der Waals surface area contributed by atoms with Crippen LogP contribution in [0.25, 0.3) is 0 Å². The second kappa shape index (κ2) is 13.2. The van der Waals surface area contributed by atoms with Gasteiger partial charge in [0, 0.05) is 44.6 Å². The third kappa shape index (κ3) is 9.66. The molecule has 2 fully saturated rings. The van der Waals surface area contributed by atoms with E-state index in [-0.39, 0.29) is 12.0 Å². The first-order valence-corrected chi connectivity index (χ1v) is 10.9. The van der Waals surface area contributed by atoms with Gasteiger partial charge in [0.25, 0.3) is 5.91 Å². The van der Waals surface area contributed by atoms with Crippen LogP contribution in [0, 0.1) is 0 Å². The van der Waals surface area contributed by atoms with Crippen LogP contribution in [0.4, 0.5) is 26.3 Å². The fourth-order valence-electron chi connectivity index (χ4n) is 3.56. The van der Waals surface area contributed by atoms with Crippen LogP contribution in [0.1, 0.15) is 22.5 Å². The highest BCUT2D eigenvalue weighted by Crippen LogP contribution is 2.25. The van der Waals surface area contributed by atoms with E-state index in [2.05, 4.69) is 9.88 Å². The van der Waals surface area contributed by atoms with Crippen LogP contribution < -0.4 is 0 Å². The molecule has 0 radical (unpaired) electrons. The molecule has 0 aliphatic carbocycles. The van der Waals surface area contributed by atoms with Gasteiger partial charge in [-0.1, -0.05) is 6.07 Å². The molecular formula is C22H23F6N3O7. The van der Waals surface area contributed by atoms with E-state index in [9.17, 15) is 31.1 Å². The number of nitrogens with zero attached hydrogens (tertiary/aromatic N) is 3. The van der Waals surface area contributed by atoms with Crippen molar-refractivity contribution in [1.29, 1.82) is 0 Å². The molecule has 2 atom stereocenters. The molecule has 10 nitrogen and oxygen atoms in total. The largest absolute Gasteiger partial charge is 0.490 e. The number of rotatable bonds is 4. The number of aromatic nitrogens is 1. The number of carbonyl (C=O) groups is 3. The first-order valence-electron chi connectivity index (χ1n) is 10.9. The summed E-state index contributed by atoms with van der Waals surface area (Å²) in [6.07, 6.45) is -3.84. The maximum absolute atomic E-state index is 12.4. The molecule has 2 aliphatic rings. The number of piperazine rings is 1. The smallest absolute Gasteiger partial charge is 0.475 e. The molecule has 4 rings (SSSR count). The van der Waals surface area contributed by atoms with Crippen LogP contribution in [-0.4, -0.2) is 93.5 Å². The number of carboxylic acids is 2. The highest BCUT2D eigenvalue weighted by atomic mass is 19.4. The molecule has 16 heteroatoms. The van der Waals surface area contributed by atoms with Gasteiger partial charge in [-0.25, -0.2) is 9.59 Å². The molecule has 2 N–H and O–H groups in total. The second-order valence-corrected chi connectivity index (χ2v) is 8.01. The standard InChI is InChI=1S/C18H21N3O3.2C2HF3O2/c22-18(17-4-2-8-23-17)21-7-6-20-12-16(9-15(20)11-21)24-13-14-3-1-5-19-10-14;2*3-2(4,5)1(6)7/h1-5,8,10,15-16H,6-7,9,11-13H2;2*(H,6,7)/t15-,16+;;/m0../s1. The number of furan rings is 1. The van der Waals surface area contributed by atoms with Crippen molar-refractivity contribution >= 4 is 17.8 Å². The first kappa shape index (κ1) is 30.6. The Morgan fingerprint density at radius 1 is 1.00 bits per heavy atom. The number of pyridine rings is 1. The molecular weight excluding hydrogens is 532 g/mol. The highest BCUT2D eigenvalue weighted by Gasteiger charge is 2.39. The molecule has 0 spiro atoms. The number of carbonyl (C=O) groups excluding carboxylic acids is 1. The Balaban J connectivity index is 0.000000301. The number of halogens is 6. The second-order valence-electron chi connectivity index (χ2n) is 8.01.